The van der Waals surface area contributed by atoms with Gasteiger partial charge in [0.25, 0.3) is 0 Å². The molecule has 2 fully saturated rings. The van der Waals surface area contributed by atoms with Gasteiger partial charge in [0.2, 0.25) is 0 Å². The molecule has 2 bridgehead atoms. The molecule has 2 N–H and O–H groups in total. The topological polar surface area (TPSA) is 49.3 Å². The molecule has 2 aliphatic rings. The lowest BCUT2D eigenvalue weighted by atomic mass is 9.87. The quantitative estimate of drug-likeness (QED) is 0.874. The number of aliphatic carboxylic acids is 1. The number of carboxylic acid groups (broad SMARTS) is 1. The van der Waals surface area contributed by atoms with Crippen molar-refractivity contribution in [3.8, 4) is 0 Å². The third-order valence-electron chi connectivity index (χ3n) is 4.99. The summed E-state index contributed by atoms with van der Waals surface area (Å²) in [5.74, 6) is 0.699. The fourth-order valence-corrected chi connectivity index (χ4v) is 3.83. The zero-order valence-corrected chi connectivity index (χ0v) is 11.3. The average Bonchev–Trinajstić information content (AvgIpc) is 3.01. The van der Waals surface area contributed by atoms with Gasteiger partial charge in [0, 0.05) is 6.04 Å². The lowest BCUT2D eigenvalue weighted by Gasteiger charge is -2.34. The molecule has 1 aromatic carbocycles. The number of carbonyl (C=O) groups is 1. The van der Waals surface area contributed by atoms with Gasteiger partial charge in [0.05, 0.1) is 0 Å². The van der Waals surface area contributed by atoms with Crippen LogP contribution in [0.3, 0.4) is 0 Å². The Morgan fingerprint density at radius 3 is 2.53 bits per heavy atom. The summed E-state index contributed by atoms with van der Waals surface area (Å²) >= 11 is 0. The molecule has 0 spiro atoms. The van der Waals surface area contributed by atoms with Crippen LogP contribution in [0, 0.1) is 11.8 Å². The molecule has 4 unspecified atom stereocenters. The molecule has 19 heavy (non-hydrogen) atoms. The summed E-state index contributed by atoms with van der Waals surface area (Å²) in [4.78, 5) is 11.8. The van der Waals surface area contributed by atoms with E-state index in [1.165, 1.54) is 19.3 Å². The second-order valence-electron chi connectivity index (χ2n) is 6.22. The Balaban J connectivity index is 1.83. The number of hydrogen-bond donors (Lipinski definition) is 2. The van der Waals surface area contributed by atoms with Gasteiger partial charge in [-0.05, 0) is 43.6 Å². The Bertz CT molecular complexity index is 473. The summed E-state index contributed by atoms with van der Waals surface area (Å²) in [6, 6.07) is 9.88. The summed E-state index contributed by atoms with van der Waals surface area (Å²) < 4.78 is 0. The highest BCUT2D eigenvalue weighted by atomic mass is 16.4. The molecule has 3 rings (SSSR count). The van der Waals surface area contributed by atoms with E-state index in [1.54, 1.807) is 6.92 Å². The second kappa shape index (κ2) is 4.64. The number of fused-ring (bicyclic) bond motifs is 2. The van der Waals surface area contributed by atoms with Gasteiger partial charge in [-0.15, -0.1) is 0 Å². The summed E-state index contributed by atoms with van der Waals surface area (Å²) in [5, 5.41) is 13.1. The lowest BCUT2D eigenvalue weighted by Crippen LogP contribution is -2.52. The van der Waals surface area contributed by atoms with Crippen molar-refractivity contribution in [2.45, 2.75) is 44.2 Å². The van der Waals surface area contributed by atoms with Crippen LogP contribution in [0.2, 0.25) is 0 Å². The third-order valence-corrected chi connectivity index (χ3v) is 4.99. The maximum Gasteiger partial charge on any atom is 0.328 e. The Hall–Kier alpha value is -1.35. The molecule has 1 aromatic rings. The van der Waals surface area contributed by atoms with E-state index in [4.69, 9.17) is 0 Å². The van der Waals surface area contributed by atoms with E-state index in [-0.39, 0.29) is 0 Å². The molecule has 2 saturated carbocycles. The van der Waals surface area contributed by atoms with Gasteiger partial charge in [-0.25, -0.2) is 4.79 Å². The van der Waals surface area contributed by atoms with Gasteiger partial charge >= 0.3 is 5.97 Å². The molecule has 2 aliphatic carbocycles. The largest absolute Gasteiger partial charge is 0.480 e. The minimum Gasteiger partial charge on any atom is -0.480 e. The van der Waals surface area contributed by atoms with Crippen molar-refractivity contribution in [1.29, 1.82) is 0 Å². The number of rotatable bonds is 4. The maximum atomic E-state index is 11.8. The Morgan fingerprint density at radius 1 is 1.26 bits per heavy atom. The van der Waals surface area contributed by atoms with Crippen LogP contribution in [0.25, 0.3) is 0 Å². The molecule has 0 aliphatic heterocycles. The predicted molar refractivity (Wildman–Crippen MR) is 73.8 cm³/mol. The number of carboxylic acids is 1. The molecule has 3 heteroatoms. The van der Waals surface area contributed by atoms with Crippen LogP contribution in [-0.4, -0.2) is 17.1 Å². The van der Waals surface area contributed by atoms with Crippen molar-refractivity contribution in [2.24, 2.45) is 11.8 Å². The molecule has 3 nitrogen and oxygen atoms in total. The van der Waals surface area contributed by atoms with E-state index < -0.39 is 11.5 Å². The molecule has 0 aromatic heterocycles. The molecule has 4 atom stereocenters. The number of hydrogen-bond acceptors (Lipinski definition) is 2. The van der Waals surface area contributed by atoms with Gasteiger partial charge in [0.15, 0.2) is 0 Å². The monoisotopic (exact) mass is 259 g/mol. The van der Waals surface area contributed by atoms with E-state index in [0.717, 1.165) is 17.9 Å². The molecule has 0 amide bonds. The van der Waals surface area contributed by atoms with Crippen molar-refractivity contribution >= 4 is 5.97 Å². The molecule has 102 valence electrons. The third kappa shape index (κ3) is 2.16. The number of nitrogens with one attached hydrogen (secondary N) is 1. The van der Waals surface area contributed by atoms with Crippen LogP contribution in [-0.2, 0) is 10.3 Å². The Labute approximate surface area is 114 Å². The molecule has 0 saturated heterocycles. The molecule has 0 radical (unpaired) electrons. The highest BCUT2D eigenvalue weighted by molar-refractivity contribution is 5.80. The van der Waals surface area contributed by atoms with E-state index >= 15 is 0 Å². The van der Waals surface area contributed by atoms with Crippen molar-refractivity contribution in [3.05, 3.63) is 35.9 Å². The zero-order valence-electron chi connectivity index (χ0n) is 11.3. The summed E-state index contributed by atoms with van der Waals surface area (Å²) in [6.07, 6.45) is 5.01. The zero-order chi connectivity index (χ0) is 13.5. The van der Waals surface area contributed by atoms with E-state index in [2.05, 4.69) is 5.32 Å². The second-order valence-corrected chi connectivity index (χ2v) is 6.22. The maximum absolute atomic E-state index is 11.8. The first-order valence-electron chi connectivity index (χ1n) is 7.16. The first-order valence-corrected chi connectivity index (χ1v) is 7.16. The number of benzene rings is 1. The molecular formula is C16H21NO2. The van der Waals surface area contributed by atoms with Gasteiger partial charge in [-0.3, -0.25) is 5.32 Å². The van der Waals surface area contributed by atoms with Crippen molar-refractivity contribution in [3.63, 3.8) is 0 Å². The minimum atomic E-state index is -0.976. The van der Waals surface area contributed by atoms with Crippen LogP contribution < -0.4 is 5.32 Å². The van der Waals surface area contributed by atoms with E-state index in [1.807, 2.05) is 30.3 Å². The fourth-order valence-electron chi connectivity index (χ4n) is 3.83. The normalized spacial score (nSPS) is 32.2. The SMILES string of the molecule is CC(NC1CC2CCC1C2)(C(=O)O)c1ccccc1. The van der Waals surface area contributed by atoms with E-state index in [9.17, 15) is 9.90 Å². The van der Waals surface area contributed by atoms with E-state index in [0.29, 0.717) is 12.0 Å². The Kier molecular flexibility index (Phi) is 3.09. The summed E-state index contributed by atoms with van der Waals surface area (Å²) in [7, 11) is 0. The first-order chi connectivity index (χ1) is 9.09. The van der Waals surface area contributed by atoms with Crippen molar-refractivity contribution in [1.82, 2.24) is 5.32 Å². The highest BCUT2D eigenvalue weighted by Crippen LogP contribution is 2.45. The lowest BCUT2D eigenvalue weighted by molar-refractivity contribution is -0.145. The first kappa shape index (κ1) is 12.7. The van der Waals surface area contributed by atoms with Gasteiger partial charge < -0.3 is 5.11 Å². The minimum absolute atomic E-state index is 0.361. The highest BCUT2D eigenvalue weighted by Gasteiger charge is 2.45. The van der Waals surface area contributed by atoms with Crippen LogP contribution >= 0.6 is 0 Å². The molecular weight excluding hydrogens is 238 g/mol. The smallest absolute Gasteiger partial charge is 0.328 e. The fraction of sp³-hybridized carbons (Fsp3) is 0.562. The van der Waals surface area contributed by atoms with Gasteiger partial charge in [0.1, 0.15) is 5.54 Å². The molecule has 0 heterocycles. The van der Waals surface area contributed by atoms with Gasteiger partial charge in [-0.1, -0.05) is 36.8 Å². The van der Waals surface area contributed by atoms with Crippen LogP contribution in [0.5, 0.6) is 0 Å². The van der Waals surface area contributed by atoms with Crippen molar-refractivity contribution < 1.29 is 9.90 Å². The average molecular weight is 259 g/mol. The van der Waals surface area contributed by atoms with Crippen LogP contribution in [0.1, 0.15) is 38.2 Å². The Morgan fingerprint density at radius 2 is 2.00 bits per heavy atom. The van der Waals surface area contributed by atoms with Gasteiger partial charge in [-0.2, -0.15) is 0 Å². The van der Waals surface area contributed by atoms with Crippen LogP contribution in [0.4, 0.5) is 0 Å². The summed E-state index contributed by atoms with van der Waals surface area (Å²) in [5.41, 5.74) is -0.138. The standard InChI is InChI=1S/C16H21NO2/c1-16(15(18)19,13-5-3-2-4-6-13)17-14-10-11-7-8-12(14)9-11/h2-6,11-12,14,17H,7-10H2,1H3,(H,18,19). The predicted octanol–water partition coefficient (Wildman–Crippen LogP) is 2.76. The van der Waals surface area contributed by atoms with Crippen LogP contribution in [0.15, 0.2) is 30.3 Å². The summed E-state index contributed by atoms with van der Waals surface area (Å²) in [6.45, 7) is 1.79. The van der Waals surface area contributed by atoms with Crippen molar-refractivity contribution in [2.75, 3.05) is 0 Å².